The van der Waals surface area contributed by atoms with E-state index in [1.54, 1.807) is 23.2 Å². The van der Waals surface area contributed by atoms with E-state index in [-0.39, 0.29) is 12.1 Å². The third kappa shape index (κ3) is 5.02. The molecule has 0 aliphatic carbocycles. The van der Waals surface area contributed by atoms with Gasteiger partial charge >= 0.3 is 12.1 Å². The maximum atomic E-state index is 12.8. The van der Waals surface area contributed by atoms with Crippen LogP contribution in [0.2, 0.25) is 4.34 Å². The second-order valence-corrected chi connectivity index (χ2v) is 9.71. The summed E-state index contributed by atoms with van der Waals surface area (Å²) in [6.45, 7) is 6.21. The predicted molar refractivity (Wildman–Crippen MR) is 115 cm³/mol. The molecule has 2 aromatic rings. The summed E-state index contributed by atoms with van der Waals surface area (Å²) in [5.41, 5.74) is -0.925. The van der Waals surface area contributed by atoms with Gasteiger partial charge in [0, 0.05) is 13.1 Å². The topological polar surface area (TPSA) is 93.6 Å². The van der Waals surface area contributed by atoms with Crippen LogP contribution in [0.15, 0.2) is 24.4 Å². The minimum absolute atomic E-state index is 0.367. The number of thiazole rings is 1. The van der Waals surface area contributed by atoms with E-state index in [2.05, 4.69) is 15.3 Å². The van der Waals surface area contributed by atoms with Crippen molar-refractivity contribution in [1.29, 1.82) is 0 Å². The average Bonchev–Trinajstić information content (AvgIpc) is 3.10. The molecule has 0 spiro atoms. The van der Waals surface area contributed by atoms with Crippen molar-refractivity contribution in [1.82, 2.24) is 14.9 Å². The molecule has 0 saturated carbocycles. The van der Waals surface area contributed by atoms with E-state index < -0.39 is 11.0 Å². The summed E-state index contributed by atoms with van der Waals surface area (Å²) in [4.78, 5) is 35.7. The molecule has 0 unspecified atom stereocenters. The average molecular weight is 453 g/mol. The monoisotopic (exact) mass is 452 g/mol. The minimum atomic E-state index is -0.939. The summed E-state index contributed by atoms with van der Waals surface area (Å²) in [5.74, 6) is 0.185. The lowest BCUT2D eigenvalue weighted by Gasteiger charge is -2.39. The van der Waals surface area contributed by atoms with Gasteiger partial charge in [-0.3, -0.25) is 4.79 Å². The molecule has 1 saturated heterocycles. The summed E-state index contributed by atoms with van der Waals surface area (Å²) >= 11 is 7.23. The molecule has 0 aromatic carbocycles. The van der Waals surface area contributed by atoms with Gasteiger partial charge in [-0.2, -0.15) is 0 Å². The minimum Gasteiger partial charge on any atom is -0.468 e. The van der Waals surface area contributed by atoms with E-state index in [1.165, 1.54) is 18.4 Å². The van der Waals surface area contributed by atoms with Crippen molar-refractivity contribution in [3.8, 4) is 0 Å². The Kier molecular flexibility index (Phi) is 6.52. The van der Waals surface area contributed by atoms with Crippen LogP contribution in [0.3, 0.4) is 0 Å². The molecular formula is C20H25ClN4O4S. The number of amides is 1. The molecule has 3 heterocycles. The fraction of sp³-hybridized carbons (Fsp3) is 0.500. The number of aromatic nitrogens is 2. The summed E-state index contributed by atoms with van der Waals surface area (Å²) in [5, 5.41) is 3.71. The number of rotatable bonds is 4. The van der Waals surface area contributed by atoms with Gasteiger partial charge in [-0.15, -0.1) is 0 Å². The molecule has 10 heteroatoms. The highest BCUT2D eigenvalue weighted by molar-refractivity contribution is 7.19. The van der Waals surface area contributed by atoms with Gasteiger partial charge in [-0.25, -0.2) is 14.8 Å². The first-order chi connectivity index (χ1) is 14.1. The van der Waals surface area contributed by atoms with Crippen LogP contribution in [0, 0.1) is 0 Å². The van der Waals surface area contributed by atoms with Crippen molar-refractivity contribution < 1.29 is 19.1 Å². The lowest BCUT2D eigenvalue weighted by Crippen LogP contribution is -2.50. The van der Waals surface area contributed by atoms with Crippen molar-refractivity contribution in [3.05, 3.63) is 34.4 Å². The Morgan fingerprint density at radius 2 is 1.97 bits per heavy atom. The number of piperidine rings is 1. The highest BCUT2D eigenvalue weighted by Crippen LogP contribution is 2.37. The fourth-order valence-corrected chi connectivity index (χ4v) is 4.17. The summed E-state index contributed by atoms with van der Waals surface area (Å²) in [6, 6.07) is 5.42. The Morgan fingerprint density at radius 3 is 2.53 bits per heavy atom. The number of likely N-dealkylation sites (tertiary alicyclic amines) is 1. The largest absolute Gasteiger partial charge is 0.468 e. The van der Waals surface area contributed by atoms with Crippen molar-refractivity contribution >= 4 is 45.9 Å². The van der Waals surface area contributed by atoms with Crippen molar-refractivity contribution in [2.45, 2.75) is 44.6 Å². The van der Waals surface area contributed by atoms with Crippen LogP contribution < -0.4 is 5.32 Å². The van der Waals surface area contributed by atoms with Gasteiger partial charge in [0.05, 0.1) is 19.0 Å². The molecule has 1 fully saturated rings. The Hall–Kier alpha value is -2.39. The van der Waals surface area contributed by atoms with Gasteiger partial charge < -0.3 is 19.7 Å². The Bertz CT molecular complexity index is 920. The lowest BCUT2D eigenvalue weighted by molar-refractivity contribution is -0.150. The second kappa shape index (κ2) is 8.77. The molecule has 30 heavy (non-hydrogen) atoms. The summed E-state index contributed by atoms with van der Waals surface area (Å²) in [7, 11) is 1.37. The number of esters is 1. The zero-order chi connectivity index (χ0) is 21.9. The van der Waals surface area contributed by atoms with Crippen LogP contribution in [0.1, 0.15) is 39.3 Å². The molecule has 3 rings (SSSR count). The first kappa shape index (κ1) is 22.3. The van der Waals surface area contributed by atoms with Crippen LogP contribution in [-0.2, 0) is 19.7 Å². The number of ether oxygens (including phenoxy) is 2. The first-order valence-electron chi connectivity index (χ1n) is 9.55. The van der Waals surface area contributed by atoms with Crippen LogP contribution in [0.25, 0.3) is 0 Å². The van der Waals surface area contributed by atoms with Gasteiger partial charge in [-0.05, 0) is 45.7 Å². The third-order valence-electron chi connectivity index (χ3n) is 4.80. The van der Waals surface area contributed by atoms with Crippen LogP contribution in [0.5, 0.6) is 0 Å². The van der Waals surface area contributed by atoms with E-state index in [9.17, 15) is 9.59 Å². The standard InChI is InChI=1S/C20H25ClN4O4S/c1-19(2,3)29-18(27)25-10-8-20(9-11-25,16(26)28-4)13-6-5-7-15(23-13)24-17-22-12-14(21)30-17/h5-7,12H,8-11H2,1-4H3,(H,22,23,24). The SMILES string of the molecule is COC(=O)C1(c2cccc(Nc3ncc(Cl)s3)n2)CCN(C(=O)OC(C)(C)C)CC1. The number of nitrogens with zero attached hydrogens (tertiary/aromatic N) is 3. The van der Waals surface area contributed by atoms with E-state index in [4.69, 9.17) is 21.1 Å². The Labute approximate surface area is 184 Å². The van der Waals surface area contributed by atoms with Crippen molar-refractivity contribution in [3.63, 3.8) is 0 Å². The quantitative estimate of drug-likeness (QED) is 0.688. The maximum Gasteiger partial charge on any atom is 0.410 e. The van der Waals surface area contributed by atoms with Crippen LogP contribution in [0.4, 0.5) is 15.7 Å². The lowest BCUT2D eigenvalue weighted by atomic mass is 9.75. The van der Waals surface area contributed by atoms with Gasteiger partial charge in [0.15, 0.2) is 5.13 Å². The van der Waals surface area contributed by atoms with E-state index in [1.807, 2.05) is 26.8 Å². The number of anilines is 2. The molecule has 0 radical (unpaired) electrons. The molecule has 2 aromatic heterocycles. The third-order valence-corrected chi connectivity index (χ3v) is 5.83. The number of pyridine rings is 1. The smallest absolute Gasteiger partial charge is 0.410 e. The van der Waals surface area contributed by atoms with E-state index >= 15 is 0 Å². The number of halogens is 1. The fourth-order valence-electron chi connectivity index (χ4n) is 3.35. The van der Waals surface area contributed by atoms with E-state index in [0.717, 1.165) is 0 Å². The molecule has 0 atom stereocenters. The number of carbonyl (C=O) groups excluding carboxylic acids is 2. The van der Waals surface area contributed by atoms with Crippen LogP contribution in [-0.4, -0.2) is 52.7 Å². The molecule has 162 valence electrons. The molecule has 8 nitrogen and oxygen atoms in total. The molecular weight excluding hydrogens is 428 g/mol. The maximum absolute atomic E-state index is 12.8. The number of hydrogen-bond donors (Lipinski definition) is 1. The highest BCUT2D eigenvalue weighted by atomic mass is 35.5. The Morgan fingerprint density at radius 1 is 1.27 bits per heavy atom. The molecule has 1 aliphatic rings. The molecule has 1 aliphatic heterocycles. The zero-order valence-electron chi connectivity index (χ0n) is 17.4. The predicted octanol–water partition coefficient (Wildman–Crippen LogP) is 4.38. The van der Waals surface area contributed by atoms with Crippen molar-refractivity contribution in [2.24, 2.45) is 0 Å². The van der Waals surface area contributed by atoms with Crippen LogP contribution >= 0.6 is 22.9 Å². The highest BCUT2D eigenvalue weighted by Gasteiger charge is 2.46. The second-order valence-electron chi connectivity index (χ2n) is 8.04. The number of carbonyl (C=O) groups is 2. The summed E-state index contributed by atoms with van der Waals surface area (Å²) < 4.78 is 11.1. The molecule has 1 N–H and O–H groups in total. The first-order valence-corrected chi connectivity index (χ1v) is 10.7. The van der Waals surface area contributed by atoms with Gasteiger partial charge in [-0.1, -0.05) is 29.0 Å². The molecule has 1 amide bonds. The number of nitrogens with one attached hydrogen (secondary N) is 1. The van der Waals surface area contributed by atoms with Crippen molar-refractivity contribution in [2.75, 3.05) is 25.5 Å². The normalized spacial score (nSPS) is 16.1. The summed E-state index contributed by atoms with van der Waals surface area (Å²) in [6.07, 6.45) is 1.95. The molecule has 0 bridgehead atoms. The Balaban J connectivity index is 1.81. The van der Waals surface area contributed by atoms with E-state index in [0.29, 0.717) is 46.9 Å². The number of methoxy groups -OCH3 is 1. The number of hydrogen-bond acceptors (Lipinski definition) is 8. The zero-order valence-corrected chi connectivity index (χ0v) is 19.0. The van der Waals surface area contributed by atoms with Gasteiger partial charge in [0.25, 0.3) is 0 Å². The van der Waals surface area contributed by atoms with Gasteiger partial charge in [0.1, 0.15) is 21.2 Å². The van der Waals surface area contributed by atoms with Gasteiger partial charge in [0.2, 0.25) is 0 Å².